The van der Waals surface area contributed by atoms with Crippen LogP contribution in [0, 0.1) is 0 Å². The van der Waals surface area contributed by atoms with Gasteiger partial charge in [-0.2, -0.15) is 0 Å². The summed E-state index contributed by atoms with van der Waals surface area (Å²) in [5.74, 6) is -1.71. The molecule has 0 saturated heterocycles. The van der Waals surface area contributed by atoms with E-state index >= 15 is 0 Å². The molecule has 0 aliphatic rings. The first kappa shape index (κ1) is 14.3. The number of H-pyrrole nitrogens is 1. The fourth-order valence-corrected chi connectivity index (χ4v) is 2.17. The Morgan fingerprint density at radius 1 is 1.15 bits per heavy atom. The van der Waals surface area contributed by atoms with E-state index in [0.29, 0.717) is 9.99 Å². The van der Waals surface area contributed by atoms with Gasteiger partial charge in [-0.1, -0.05) is 15.9 Å². The highest BCUT2D eigenvalue weighted by atomic mass is 79.9. The van der Waals surface area contributed by atoms with Crippen LogP contribution in [0.2, 0.25) is 0 Å². The molecule has 0 saturated carbocycles. The topological polar surface area (TPSA) is 85.5 Å². The molecule has 0 fully saturated rings. The maximum atomic E-state index is 12.4. The van der Waals surface area contributed by atoms with Crippen molar-refractivity contribution < 1.29 is 19.1 Å². The molecular weight excluding hydrogens is 330 g/mol. The molecule has 1 N–H and O–H groups in total. The van der Waals surface area contributed by atoms with Gasteiger partial charge in [0, 0.05) is 9.86 Å². The van der Waals surface area contributed by atoms with E-state index in [9.17, 15) is 14.4 Å². The smallest absolute Gasteiger partial charge is 0.355 e. The Kier molecular flexibility index (Phi) is 3.89. The summed E-state index contributed by atoms with van der Waals surface area (Å²) in [5, 5.41) is 0.271. The number of hydrogen-bond donors (Lipinski definition) is 1. The van der Waals surface area contributed by atoms with E-state index < -0.39 is 17.4 Å². The molecule has 0 atom stereocenters. The molecule has 0 aliphatic heterocycles. The van der Waals surface area contributed by atoms with Crippen LogP contribution in [0.25, 0.3) is 10.9 Å². The molecule has 0 radical (unpaired) electrons. The van der Waals surface area contributed by atoms with E-state index in [2.05, 4.69) is 30.4 Å². The van der Waals surface area contributed by atoms with Crippen molar-refractivity contribution in [2.45, 2.75) is 0 Å². The van der Waals surface area contributed by atoms with E-state index in [1.165, 1.54) is 0 Å². The molecule has 20 heavy (non-hydrogen) atoms. The average molecular weight is 340 g/mol. The van der Waals surface area contributed by atoms with Crippen LogP contribution in [0.3, 0.4) is 0 Å². The third kappa shape index (κ3) is 2.32. The van der Waals surface area contributed by atoms with Crippen LogP contribution >= 0.6 is 15.9 Å². The van der Waals surface area contributed by atoms with Gasteiger partial charge in [0.25, 0.3) is 0 Å². The van der Waals surface area contributed by atoms with Crippen molar-refractivity contribution >= 4 is 38.8 Å². The molecule has 1 heterocycles. The molecule has 0 bridgehead atoms. The zero-order chi connectivity index (χ0) is 14.9. The molecular formula is C13H10BrNO5. The van der Waals surface area contributed by atoms with E-state index in [-0.39, 0.29) is 16.6 Å². The fourth-order valence-electron chi connectivity index (χ4n) is 1.81. The third-order valence-corrected chi connectivity index (χ3v) is 3.24. The van der Waals surface area contributed by atoms with Gasteiger partial charge in [0.1, 0.15) is 11.3 Å². The van der Waals surface area contributed by atoms with Crippen molar-refractivity contribution in [2.75, 3.05) is 14.2 Å². The lowest BCUT2D eigenvalue weighted by Gasteiger charge is -2.08. The summed E-state index contributed by atoms with van der Waals surface area (Å²) in [6, 6.07) is 4.88. The number of carbonyl (C=O) groups is 2. The molecule has 0 aliphatic carbocycles. The number of rotatable bonds is 2. The molecule has 0 unspecified atom stereocenters. The second-order valence-corrected chi connectivity index (χ2v) is 4.79. The first-order valence-corrected chi connectivity index (χ1v) is 6.31. The minimum atomic E-state index is -0.895. The Morgan fingerprint density at radius 3 is 2.40 bits per heavy atom. The molecule has 104 valence electrons. The Morgan fingerprint density at radius 2 is 1.80 bits per heavy atom. The number of carbonyl (C=O) groups excluding carboxylic acids is 2. The highest BCUT2D eigenvalue weighted by molar-refractivity contribution is 9.10. The summed E-state index contributed by atoms with van der Waals surface area (Å²) in [7, 11) is 2.29. The third-order valence-electron chi connectivity index (χ3n) is 2.74. The van der Waals surface area contributed by atoms with Crippen molar-refractivity contribution in [3.8, 4) is 0 Å². The fraction of sp³-hybridized carbons (Fsp3) is 0.154. The minimum Gasteiger partial charge on any atom is -0.465 e. The van der Waals surface area contributed by atoms with Gasteiger partial charge in [-0.15, -0.1) is 0 Å². The van der Waals surface area contributed by atoms with E-state index in [1.807, 2.05) is 0 Å². The summed E-state index contributed by atoms with van der Waals surface area (Å²) in [6.07, 6.45) is 0. The summed E-state index contributed by atoms with van der Waals surface area (Å²) in [6.45, 7) is 0. The Bertz CT molecular complexity index is 765. The second-order valence-electron chi connectivity index (χ2n) is 3.88. The predicted octanol–water partition coefficient (Wildman–Crippen LogP) is 1.86. The summed E-state index contributed by atoms with van der Waals surface area (Å²) in [4.78, 5) is 38.6. The standard InChI is InChI=1S/C13H10BrNO5/c1-19-12(17)9-10(13(18)20-2)15-8-4-3-6(14)5-7(8)11(9)16/h3-5H,1-2H3,(H,15,16). The van der Waals surface area contributed by atoms with Crippen LogP contribution < -0.4 is 5.43 Å². The van der Waals surface area contributed by atoms with Crippen LogP contribution in [-0.2, 0) is 9.47 Å². The number of benzene rings is 1. The maximum Gasteiger partial charge on any atom is 0.355 e. The Hall–Kier alpha value is -2.15. The lowest BCUT2D eigenvalue weighted by atomic mass is 10.1. The quantitative estimate of drug-likeness (QED) is 0.844. The average Bonchev–Trinajstić information content (AvgIpc) is 2.46. The van der Waals surface area contributed by atoms with Crippen LogP contribution in [0.15, 0.2) is 27.5 Å². The van der Waals surface area contributed by atoms with Gasteiger partial charge in [0.15, 0.2) is 0 Å². The van der Waals surface area contributed by atoms with Crippen LogP contribution in [-0.4, -0.2) is 31.1 Å². The summed E-state index contributed by atoms with van der Waals surface area (Å²) in [5.41, 5.74) is -0.761. The van der Waals surface area contributed by atoms with Crippen molar-refractivity contribution in [3.63, 3.8) is 0 Å². The number of pyridine rings is 1. The summed E-state index contributed by atoms with van der Waals surface area (Å²) < 4.78 is 9.80. The number of esters is 2. The molecule has 1 aromatic carbocycles. The molecule has 2 rings (SSSR count). The molecule has 0 amide bonds. The number of hydrogen-bond acceptors (Lipinski definition) is 5. The normalized spacial score (nSPS) is 10.3. The van der Waals surface area contributed by atoms with E-state index in [0.717, 1.165) is 14.2 Å². The molecule has 6 nitrogen and oxygen atoms in total. The van der Waals surface area contributed by atoms with Gasteiger partial charge in [-0.05, 0) is 18.2 Å². The van der Waals surface area contributed by atoms with E-state index in [1.54, 1.807) is 18.2 Å². The van der Waals surface area contributed by atoms with Gasteiger partial charge in [0.2, 0.25) is 5.43 Å². The van der Waals surface area contributed by atoms with Gasteiger partial charge in [-0.3, -0.25) is 4.79 Å². The zero-order valence-electron chi connectivity index (χ0n) is 10.7. The van der Waals surface area contributed by atoms with Crippen molar-refractivity contribution in [1.82, 2.24) is 4.98 Å². The van der Waals surface area contributed by atoms with Crippen LogP contribution in [0.5, 0.6) is 0 Å². The SMILES string of the molecule is COC(=O)c1[nH]c2ccc(Br)cc2c(=O)c1C(=O)OC. The number of halogens is 1. The van der Waals surface area contributed by atoms with Crippen molar-refractivity contribution in [3.05, 3.63) is 44.2 Å². The van der Waals surface area contributed by atoms with Gasteiger partial charge < -0.3 is 14.5 Å². The first-order chi connectivity index (χ1) is 9.49. The number of ether oxygens (including phenoxy) is 2. The number of fused-ring (bicyclic) bond motifs is 1. The number of aromatic amines is 1. The van der Waals surface area contributed by atoms with Crippen molar-refractivity contribution in [1.29, 1.82) is 0 Å². The largest absolute Gasteiger partial charge is 0.465 e. The number of methoxy groups -OCH3 is 2. The Balaban J connectivity index is 2.91. The second kappa shape index (κ2) is 5.46. The monoisotopic (exact) mass is 339 g/mol. The number of aromatic nitrogens is 1. The minimum absolute atomic E-state index is 0.223. The maximum absolute atomic E-state index is 12.4. The molecule has 7 heteroatoms. The highest BCUT2D eigenvalue weighted by Gasteiger charge is 2.24. The zero-order valence-corrected chi connectivity index (χ0v) is 12.2. The first-order valence-electron chi connectivity index (χ1n) is 5.51. The molecule has 0 spiro atoms. The Labute approximate surface area is 121 Å². The molecule has 2 aromatic rings. The van der Waals surface area contributed by atoms with Gasteiger partial charge in [-0.25, -0.2) is 9.59 Å². The lowest BCUT2D eigenvalue weighted by molar-refractivity contribution is 0.0549. The van der Waals surface area contributed by atoms with Gasteiger partial charge >= 0.3 is 11.9 Å². The highest BCUT2D eigenvalue weighted by Crippen LogP contribution is 2.18. The lowest BCUT2D eigenvalue weighted by Crippen LogP contribution is -2.24. The van der Waals surface area contributed by atoms with Crippen molar-refractivity contribution in [2.24, 2.45) is 0 Å². The number of nitrogens with one attached hydrogen (secondary N) is 1. The van der Waals surface area contributed by atoms with Gasteiger partial charge in [0.05, 0.1) is 19.7 Å². The van der Waals surface area contributed by atoms with Crippen LogP contribution in [0.1, 0.15) is 20.8 Å². The van der Waals surface area contributed by atoms with Crippen LogP contribution in [0.4, 0.5) is 0 Å². The summed E-state index contributed by atoms with van der Waals surface area (Å²) >= 11 is 3.25. The molecule has 1 aromatic heterocycles. The van der Waals surface area contributed by atoms with E-state index in [4.69, 9.17) is 0 Å². The predicted molar refractivity (Wildman–Crippen MR) is 74.9 cm³/mol.